The zero-order chi connectivity index (χ0) is 3.41. The summed E-state index contributed by atoms with van der Waals surface area (Å²) in [7, 11) is 3.56. The molecule has 22 valence electrons. The van der Waals surface area contributed by atoms with Gasteiger partial charge < -0.3 is 9.24 Å². The van der Waals surface area contributed by atoms with Gasteiger partial charge in [0.1, 0.15) is 0 Å². The fourth-order valence-electron chi connectivity index (χ4n) is 0. The zero-order valence-electron chi connectivity index (χ0n) is 2.10. The predicted molar refractivity (Wildman–Crippen MR) is 17.4 cm³/mol. The first kappa shape index (κ1) is 3.92. The average Bonchev–Trinajstić information content (AvgIpc) is 1.37. The van der Waals surface area contributed by atoms with E-state index in [1.54, 1.807) is 6.07 Å². The number of nitriles is 1. The number of nitrogens with zero attached hydrogens (tertiary/aromatic N) is 1. The summed E-state index contributed by atoms with van der Waals surface area (Å²) in [6.07, 6.45) is 0.319. The minimum Gasteiger partial charge on any atom is -1.47 e. The van der Waals surface area contributed by atoms with E-state index in [4.69, 9.17) is 5.26 Å². The molecule has 0 aromatic heterocycles. The van der Waals surface area contributed by atoms with Crippen LogP contribution in [0.15, 0.2) is 0 Å². The SMILES string of the molecule is N#CC[P-2]. The van der Waals surface area contributed by atoms with E-state index in [0.717, 1.165) is 0 Å². The minimum absolute atomic E-state index is 0.319. The molecule has 0 aliphatic rings. The standard InChI is InChI=1S/C2H2NP/c3-1-2-4/h2H2/q-2. The Morgan fingerprint density at radius 1 is 2.00 bits per heavy atom. The lowest BCUT2D eigenvalue weighted by Crippen LogP contribution is -1.45. The highest BCUT2D eigenvalue weighted by atomic mass is 31.0. The summed E-state index contributed by atoms with van der Waals surface area (Å²) in [6, 6.07) is 1.79. The minimum atomic E-state index is 0.319. The summed E-state index contributed by atoms with van der Waals surface area (Å²) in [4.78, 5) is 0. The van der Waals surface area contributed by atoms with Crippen LogP contribution < -0.4 is 0 Å². The molecule has 0 spiro atoms. The molecule has 0 heterocycles. The topological polar surface area (TPSA) is 23.8 Å². The molecule has 0 aliphatic heterocycles. The summed E-state index contributed by atoms with van der Waals surface area (Å²) < 4.78 is 0. The molecule has 0 fully saturated rings. The predicted octanol–water partition coefficient (Wildman–Crippen LogP) is 0.920. The van der Waals surface area contributed by atoms with Crippen molar-refractivity contribution >= 4 is 9.24 Å². The Morgan fingerprint density at radius 3 is 2.25 bits per heavy atom. The Morgan fingerprint density at radius 2 is 2.25 bits per heavy atom. The second kappa shape index (κ2) is 2.92. The van der Waals surface area contributed by atoms with Crippen LogP contribution in [0.3, 0.4) is 0 Å². The van der Waals surface area contributed by atoms with E-state index in [9.17, 15) is 0 Å². The van der Waals surface area contributed by atoms with Gasteiger partial charge in [-0.2, -0.15) is 0 Å². The van der Waals surface area contributed by atoms with Crippen molar-refractivity contribution in [2.45, 2.75) is 0 Å². The van der Waals surface area contributed by atoms with Crippen molar-refractivity contribution in [3.8, 4) is 6.07 Å². The van der Waals surface area contributed by atoms with Gasteiger partial charge in [-0.05, 0) is 0 Å². The molecule has 1 nitrogen and oxygen atoms in total. The third-order valence-electron chi connectivity index (χ3n) is 0.0707. The second-order valence-corrected chi connectivity index (χ2v) is 0.632. The van der Waals surface area contributed by atoms with E-state index in [-0.39, 0.29) is 0 Å². The number of hydrogen-bond acceptors (Lipinski definition) is 1. The van der Waals surface area contributed by atoms with Crippen molar-refractivity contribution in [2.24, 2.45) is 0 Å². The van der Waals surface area contributed by atoms with Crippen molar-refractivity contribution < 1.29 is 0 Å². The molecule has 2 heteroatoms. The summed E-state index contributed by atoms with van der Waals surface area (Å²) in [5.74, 6) is 0. The third kappa shape index (κ3) is 1.92. The Balaban J connectivity index is 2.43. The molecule has 0 aromatic carbocycles. The molecule has 0 radical (unpaired) electrons. The largest absolute Gasteiger partial charge is 1.47 e. The first-order valence-electron chi connectivity index (χ1n) is 0.893. The van der Waals surface area contributed by atoms with Crippen LogP contribution in [0.5, 0.6) is 0 Å². The fourth-order valence-corrected chi connectivity index (χ4v) is 0. The first-order chi connectivity index (χ1) is 1.91. The van der Waals surface area contributed by atoms with Gasteiger partial charge in [0, 0.05) is 6.07 Å². The fraction of sp³-hybridized carbons (Fsp3) is 0.500. The van der Waals surface area contributed by atoms with Crippen molar-refractivity contribution in [1.82, 2.24) is 0 Å². The smallest absolute Gasteiger partial charge is 0.000501 e. The summed E-state index contributed by atoms with van der Waals surface area (Å²) in [5.41, 5.74) is 0. The normalized spacial score (nSPS) is 5.00. The Bertz CT molecular complexity index is 35.8. The molecule has 0 aromatic rings. The zero-order valence-corrected chi connectivity index (χ0v) is 3.00. The maximum absolute atomic E-state index is 7.55. The van der Waals surface area contributed by atoms with E-state index in [0.29, 0.717) is 6.16 Å². The van der Waals surface area contributed by atoms with Crippen LogP contribution in [-0.4, -0.2) is 6.16 Å². The average molecular weight is 71.0 g/mol. The molecule has 0 N–H and O–H groups in total. The Labute approximate surface area is 27.8 Å². The number of rotatable bonds is 0. The van der Waals surface area contributed by atoms with Crippen molar-refractivity contribution in [2.75, 3.05) is 6.16 Å². The van der Waals surface area contributed by atoms with Gasteiger partial charge in [0.15, 0.2) is 0 Å². The van der Waals surface area contributed by atoms with Crippen LogP contribution in [0.2, 0.25) is 0 Å². The van der Waals surface area contributed by atoms with Crippen LogP contribution in [0.4, 0.5) is 0 Å². The van der Waals surface area contributed by atoms with Gasteiger partial charge >= 0.3 is 0 Å². The first-order valence-corrected chi connectivity index (χ1v) is 1.53. The van der Waals surface area contributed by atoms with Gasteiger partial charge in [-0.1, -0.05) is 0 Å². The molecular weight excluding hydrogens is 69.0 g/mol. The molecule has 0 saturated heterocycles. The van der Waals surface area contributed by atoms with Gasteiger partial charge in [0.25, 0.3) is 0 Å². The highest BCUT2D eigenvalue weighted by Gasteiger charge is 1.18. The van der Waals surface area contributed by atoms with E-state index >= 15 is 0 Å². The molecule has 0 unspecified atom stereocenters. The maximum Gasteiger partial charge on any atom is 0.000501 e. The lowest BCUT2D eigenvalue weighted by molar-refractivity contribution is 1.50. The van der Waals surface area contributed by atoms with Gasteiger partial charge in [-0.15, -0.1) is 0 Å². The highest BCUT2D eigenvalue weighted by molar-refractivity contribution is 7.16. The van der Waals surface area contributed by atoms with E-state index < -0.39 is 0 Å². The van der Waals surface area contributed by atoms with Crippen LogP contribution in [0, 0.1) is 11.3 Å². The maximum atomic E-state index is 7.55. The van der Waals surface area contributed by atoms with Gasteiger partial charge in [-0.25, -0.2) is 5.26 Å². The second-order valence-electron chi connectivity index (χ2n) is 0.316. The molecule has 0 rings (SSSR count). The van der Waals surface area contributed by atoms with Gasteiger partial charge in [0.2, 0.25) is 0 Å². The third-order valence-corrected chi connectivity index (χ3v) is 0.212. The van der Waals surface area contributed by atoms with Crippen molar-refractivity contribution in [1.29, 1.82) is 5.26 Å². The molecule has 0 bridgehead atoms. The Kier molecular flexibility index (Phi) is 2.86. The molecule has 4 heavy (non-hydrogen) atoms. The number of hydrogen-bond donors (Lipinski definition) is 0. The molecule has 0 amide bonds. The summed E-state index contributed by atoms with van der Waals surface area (Å²) >= 11 is 0. The van der Waals surface area contributed by atoms with Crippen molar-refractivity contribution in [3.05, 3.63) is 0 Å². The molecular formula is C2H2NP-2. The monoisotopic (exact) mass is 71.0 g/mol. The van der Waals surface area contributed by atoms with Crippen LogP contribution in [0.1, 0.15) is 0 Å². The van der Waals surface area contributed by atoms with Gasteiger partial charge in [-0.3, -0.25) is 6.16 Å². The van der Waals surface area contributed by atoms with Crippen LogP contribution >= 0.6 is 9.24 Å². The molecule has 0 saturated carbocycles. The van der Waals surface area contributed by atoms with E-state index in [1.165, 1.54) is 0 Å². The summed E-state index contributed by atoms with van der Waals surface area (Å²) in [6.45, 7) is 0. The van der Waals surface area contributed by atoms with Crippen LogP contribution in [-0.2, 0) is 0 Å². The van der Waals surface area contributed by atoms with E-state index in [1.807, 2.05) is 0 Å². The Hall–Kier alpha value is -0.0800. The van der Waals surface area contributed by atoms with Gasteiger partial charge in [0.05, 0.1) is 0 Å². The van der Waals surface area contributed by atoms with Crippen molar-refractivity contribution in [3.63, 3.8) is 0 Å². The highest BCUT2D eigenvalue weighted by Crippen LogP contribution is 1.69. The molecule has 0 aliphatic carbocycles. The van der Waals surface area contributed by atoms with Crippen LogP contribution in [0.25, 0.3) is 0 Å². The quantitative estimate of drug-likeness (QED) is 0.389. The lowest BCUT2D eigenvalue weighted by Gasteiger charge is -2.18. The lowest BCUT2D eigenvalue weighted by atomic mass is 10.9. The van der Waals surface area contributed by atoms with E-state index in [2.05, 4.69) is 9.24 Å². The molecule has 0 atom stereocenters. The summed E-state index contributed by atoms with van der Waals surface area (Å²) in [5, 5.41) is 7.55.